The molecule has 1 aliphatic rings. The van der Waals surface area contributed by atoms with Crippen molar-refractivity contribution >= 4 is 17.3 Å². The summed E-state index contributed by atoms with van der Waals surface area (Å²) in [6, 6.07) is 7.65. The molecule has 1 aliphatic carbocycles. The molecule has 1 aromatic carbocycles. The lowest BCUT2D eigenvalue weighted by Gasteiger charge is -2.25. The van der Waals surface area contributed by atoms with E-state index in [1.807, 2.05) is 24.3 Å². The maximum atomic E-state index is 10.7. The Hall–Kier alpha value is -1.71. The van der Waals surface area contributed by atoms with Gasteiger partial charge in [0, 0.05) is 13.1 Å². The molecule has 0 unspecified atom stereocenters. The fraction of sp³-hybridized carbons (Fsp3) is 0.462. The van der Waals surface area contributed by atoms with Gasteiger partial charge in [-0.25, -0.2) is 0 Å². The van der Waals surface area contributed by atoms with Crippen LogP contribution < -0.4 is 10.6 Å². The topological polar surface area (TPSA) is 66.6 Å². The predicted molar refractivity (Wildman–Crippen MR) is 68.0 cm³/mol. The van der Waals surface area contributed by atoms with Gasteiger partial charge in [-0.05, 0) is 30.9 Å². The van der Waals surface area contributed by atoms with Gasteiger partial charge in [0.25, 0.3) is 0 Å². The van der Waals surface area contributed by atoms with Crippen LogP contribution >= 0.6 is 0 Å². The molecule has 0 bridgehead atoms. The van der Waals surface area contributed by atoms with Gasteiger partial charge in [0.05, 0.1) is 17.8 Å². The van der Waals surface area contributed by atoms with Gasteiger partial charge in [0.15, 0.2) is 0 Å². The molecular formula is C13H18N2O2. The molecule has 0 amide bonds. The minimum atomic E-state index is -0.764. The van der Waals surface area contributed by atoms with Crippen molar-refractivity contribution in [2.24, 2.45) is 5.92 Å². The number of nitrogen functional groups attached to an aromatic ring is 1. The lowest BCUT2D eigenvalue weighted by Crippen LogP contribution is -2.29. The van der Waals surface area contributed by atoms with Crippen molar-refractivity contribution in [3.8, 4) is 0 Å². The third kappa shape index (κ3) is 3.37. The Balaban J connectivity index is 2.07. The van der Waals surface area contributed by atoms with Crippen LogP contribution in [-0.4, -0.2) is 24.2 Å². The normalized spacial score (nSPS) is 14.6. The van der Waals surface area contributed by atoms with E-state index in [0.717, 1.165) is 17.9 Å². The van der Waals surface area contributed by atoms with Crippen LogP contribution in [0.5, 0.6) is 0 Å². The third-order valence-corrected chi connectivity index (χ3v) is 3.05. The smallest absolute Gasteiger partial charge is 0.305 e. The highest BCUT2D eigenvalue weighted by molar-refractivity contribution is 5.70. The Labute approximate surface area is 101 Å². The van der Waals surface area contributed by atoms with Crippen LogP contribution in [0.4, 0.5) is 11.4 Å². The SMILES string of the molecule is Nc1ccccc1N(CCC(=O)O)CC1CC1. The summed E-state index contributed by atoms with van der Waals surface area (Å²) in [6.07, 6.45) is 2.65. The van der Waals surface area contributed by atoms with Gasteiger partial charge in [-0.15, -0.1) is 0 Å². The maximum Gasteiger partial charge on any atom is 0.305 e. The Morgan fingerprint density at radius 1 is 1.41 bits per heavy atom. The van der Waals surface area contributed by atoms with Crippen LogP contribution in [0.3, 0.4) is 0 Å². The number of carboxylic acid groups (broad SMARTS) is 1. The van der Waals surface area contributed by atoms with E-state index in [1.165, 1.54) is 12.8 Å². The molecule has 0 aliphatic heterocycles. The third-order valence-electron chi connectivity index (χ3n) is 3.05. The molecular weight excluding hydrogens is 216 g/mol. The highest BCUT2D eigenvalue weighted by Gasteiger charge is 2.25. The van der Waals surface area contributed by atoms with Crippen molar-refractivity contribution in [1.82, 2.24) is 0 Å². The molecule has 0 heterocycles. The van der Waals surface area contributed by atoms with E-state index in [-0.39, 0.29) is 6.42 Å². The quantitative estimate of drug-likeness (QED) is 0.738. The van der Waals surface area contributed by atoms with Crippen molar-refractivity contribution in [3.63, 3.8) is 0 Å². The monoisotopic (exact) mass is 234 g/mol. The fourth-order valence-electron chi connectivity index (χ4n) is 1.93. The van der Waals surface area contributed by atoms with E-state index in [2.05, 4.69) is 4.90 Å². The lowest BCUT2D eigenvalue weighted by molar-refractivity contribution is -0.136. The zero-order valence-electron chi connectivity index (χ0n) is 9.80. The first-order chi connectivity index (χ1) is 8.16. The Bertz CT molecular complexity index is 402. The molecule has 1 fully saturated rings. The second-order valence-corrected chi connectivity index (χ2v) is 4.59. The number of aliphatic carboxylic acids is 1. The fourth-order valence-corrected chi connectivity index (χ4v) is 1.93. The maximum absolute atomic E-state index is 10.7. The Morgan fingerprint density at radius 2 is 2.12 bits per heavy atom. The van der Waals surface area contributed by atoms with Crippen molar-refractivity contribution in [1.29, 1.82) is 0 Å². The van der Waals surface area contributed by atoms with Gasteiger partial charge in [0.1, 0.15) is 0 Å². The van der Waals surface area contributed by atoms with E-state index >= 15 is 0 Å². The van der Waals surface area contributed by atoms with E-state index in [1.54, 1.807) is 0 Å². The molecule has 92 valence electrons. The van der Waals surface area contributed by atoms with Crippen LogP contribution in [0.25, 0.3) is 0 Å². The molecule has 1 aromatic rings. The molecule has 4 heteroatoms. The highest BCUT2D eigenvalue weighted by atomic mass is 16.4. The van der Waals surface area contributed by atoms with Gasteiger partial charge in [-0.3, -0.25) is 4.79 Å². The van der Waals surface area contributed by atoms with Crippen LogP contribution in [-0.2, 0) is 4.79 Å². The zero-order valence-corrected chi connectivity index (χ0v) is 9.80. The molecule has 0 radical (unpaired) electrons. The summed E-state index contributed by atoms with van der Waals surface area (Å²) in [7, 11) is 0. The standard InChI is InChI=1S/C13H18N2O2/c14-11-3-1-2-4-12(11)15(8-7-13(16)17)9-10-5-6-10/h1-4,10H,5-9,14H2,(H,16,17). The van der Waals surface area contributed by atoms with Crippen molar-refractivity contribution in [2.45, 2.75) is 19.3 Å². The lowest BCUT2D eigenvalue weighted by atomic mass is 10.2. The summed E-state index contributed by atoms with van der Waals surface area (Å²) >= 11 is 0. The van der Waals surface area contributed by atoms with Crippen LogP contribution in [0.2, 0.25) is 0 Å². The number of carboxylic acids is 1. The molecule has 0 atom stereocenters. The number of hydrogen-bond acceptors (Lipinski definition) is 3. The van der Waals surface area contributed by atoms with E-state index in [4.69, 9.17) is 10.8 Å². The zero-order chi connectivity index (χ0) is 12.3. The van der Waals surface area contributed by atoms with Crippen LogP contribution in [0.1, 0.15) is 19.3 Å². The average molecular weight is 234 g/mol. The Morgan fingerprint density at radius 3 is 2.71 bits per heavy atom. The van der Waals surface area contributed by atoms with Gasteiger partial charge >= 0.3 is 5.97 Å². The van der Waals surface area contributed by atoms with E-state index in [9.17, 15) is 4.79 Å². The number of carbonyl (C=O) groups is 1. The van der Waals surface area contributed by atoms with Gasteiger partial charge in [0.2, 0.25) is 0 Å². The number of nitrogens with two attached hydrogens (primary N) is 1. The molecule has 0 spiro atoms. The van der Waals surface area contributed by atoms with E-state index in [0.29, 0.717) is 12.5 Å². The molecule has 2 rings (SSSR count). The summed E-state index contributed by atoms with van der Waals surface area (Å²) < 4.78 is 0. The minimum absolute atomic E-state index is 0.154. The van der Waals surface area contributed by atoms with Crippen LogP contribution in [0, 0.1) is 5.92 Å². The molecule has 1 saturated carbocycles. The van der Waals surface area contributed by atoms with Crippen molar-refractivity contribution in [3.05, 3.63) is 24.3 Å². The second kappa shape index (κ2) is 5.08. The minimum Gasteiger partial charge on any atom is -0.481 e. The summed E-state index contributed by atoms with van der Waals surface area (Å²) in [6.45, 7) is 1.45. The Kier molecular flexibility index (Phi) is 3.52. The number of benzene rings is 1. The number of hydrogen-bond donors (Lipinski definition) is 2. The summed E-state index contributed by atoms with van der Waals surface area (Å²) in [5.74, 6) is -0.0521. The predicted octanol–water partition coefficient (Wildman–Crippen LogP) is 1.96. The summed E-state index contributed by atoms with van der Waals surface area (Å²) in [5, 5.41) is 8.77. The van der Waals surface area contributed by atoms with Gasteiger partial charge < -0.3 is 15.7 Å². The molecule has 4 nitrogen and oxygen atoms in total. The average Bonchev–Trinajstić information content (AvgIpc) is 3.09. The van der Waals surface area contributed by atoms with Gasteiger partial charge in [-0.1, -0.05) is 12.1 Å². The van der Waals surface area contributed by atoms with Gasteiger partial charge in [-0.2, -0.15) is 0 Å². The first-order valence-corrected chi connectivity index (χ1v) is 5.98. The van der Waals surface area contributed by atoms with Crippen LogP contribution in [0.15, 0.2) is 24.3 Å². The number of rotatable bonds is 6. The van der Waals surface area contributed by atoms with E-state index < -0.39 is 5.97 Å². The molecule has 0 saturated heterocycles. The first-order valence-electron chi connectivity index (χ1n) is 5.98. The molecule has 17 heavy (non-hydrogen) atoms. The second-order valence-electron chi connectivity index (χ2n) is 4.59. The van der Waals surface area contributed by atoms with Crippen molar-refractivity contribution < 1.29 is 9.90 Å². The molecule has 0 aromatic heterocycles. The molecule has 3 N–H and O–H groups in total. The highest BCUT2D eigenvalue weighted by Crippen LogP contribution is 2.33. The van der Waals surface area contributed by atoms with Crippen molar-refractivity contribution in [2.75, 3.05) is 23.7 Å². The summed E-state index contributed by atoms with van der Waals surface area (Å²) in [4.78, 5) is 12.8. The first kappa shape index (κ1) is 11.8. The number of para-hydroxylation sites is 2. The number of nitrogens with zero attached hydrogens (tertiary/aromatic N) is 1. The summed E-state index contributed by atoms with van der Waals surface area (Å²) in [5.41, 5.74) is 7.61. The largest absolute Gasteiger partial charge is 0.481 e. The number of anilines is 2.